The van der Waals surface area contributed by atoms with Gasteiger partial charge >= 0.3 is 0 Å². The van der Waals surface area contributed by atoms with Crippen LogP contribution in [0.5, 0.6) is 0 Å². The van der Waals surface area contributed by atoms with Gasteiger partial charge in [-0.25, -0.2) is 4.68 Å². The van der Waals surface area contributed by atoms with E-state index < -0.39 is 0 Å². The Kier molecular flexibility index (Phi) is 3.51. The topological polar surface area (TPSA) is 63.1 Å². The summed E-state index contributed by atoms with van der Waals surface area (Å²) in [6.45, 7) is 6.12. The fourth-order valence-corrected chi connectivity index (χ4v) is 1.86. The predicted octanol–water partition coefficient (Wildman–Crippen LogP) is -0.728. The summed E-state index contributed by atoms with van der Waals surface area (Å²) in [5.41, 5.74) is 0.894. The maximum absolute atomic E-state index is 12.0. The number of carbonyl (C=O) groups is 1. The molecule has 6 nitrogen and oxygen atoms in total. The number of aryl methyl sites for hydroxylation is 1. The molecule has 0 aromatic carbocycles. The maximum Gasteiger partial charge on any atom is 0.228 e. The van der Waals surface area contributed by atoms with Gasteiger partial charge in [-0.3, -0.25) is 4.79 Å². The zero-order valence-corrected chi connectivity index (χ0v) is 9.52. The molecule has 1 aliphatic heterocycles. The van der Waals surface area contributed by atoms with Gasteiger partial charge in [-0.05, 0) is 6.92 Å². The smallest absolute Gasteiger partial charge is 0.228 e. The number of rotatable bonds is 3. The molecule has 1 aromatic heterocycles. The molecular weight excluding hydrogens is 206 g/mol. The van der Waals surface area contributed by atoms with Gasteiger partial charge < -0.3 is 10.2 Å². The fraction of sp³-hybridized carbons (Fsp3) is 0.700. The van der Waals surface area contributed by atoms with E-state index in [4.69, 9.17) is 0 Å². The number of aromatic nitrogens is 3. The lowest BCUT2D eigenvalue weighted by atomic mass is 10.2. The molecule has 0 spiro atoms. The second-order valence-electron chi connectivity index (χ2n) is 3.85. The Hall–Kier alpha value is -1.43. The molecule has 0 saturated carbocycles. The average Bonchev–Trinajstić information content (AvgIpc) is 2.77. The molecule has 2 rings (SSSR count). The third-order valence-electron chi connectivity index (χ3n) is 2.80. The summed E-state index contributed by atoms with van der Waals surface area (Å²) in [6, 6.07) is 0. The lowest BCUT2D eigenvalue weighted by Gasteiger charge is -2.27. The molecule has 6 heteroatoms. The average molecular weight is 223 g/mol. The molecule has 0 aliphatic carbocycles. The monoisotopic (exact) mass is 223 g/mol. The number of hydrogen-bond acceptors (Lipinski definition) is 4. The molecule has 88 valence electrons. The van der Waals surface area contributed by atoms with Gasteiger partial charge in [-0.1, -0.05) is 5.21 Å². The van der Waals surface area contributed by atoms with E-state index in [2.05, 4.69) is 15.6 Å². The van der Waals surface area contributed by atoms with E-state index in [0.717, 1.165) is 38.4 Å². The summed E-state index contributed by atoms with van der Waals surface area (Å²) >= 11 is 0. The van der Waals surface area contributed by atoms with Crippen molar-refractivity contribution in [3.05, 3.63) is 11.9 Å². The third-order valence-corrected chi connectivity index (χ3v) is 2.80. The number of hydrogen-bond donors (Lipinski definition) is 1. The van der Waals surface area contributed by atoms with Crippen molar-refractivity contribution in [2.45, 2.75) is 19.9 Å². The van der Waals surface area contributed by atoms with Crippen molar-refractivity contribution in [1.29, 1.82) is 0 Å². The summed E-state index contributed by atoms with van der Waals surface area (Å²) in [6.07, 6.45) is 2.07. The standard InChI is InChI=1S/C10H17N5O/c1-2-15-9(8-12-13-15)7-10(16)14-5-3-11-4-6-14/h8,11H,2-7H2,1H3. The van der Waals surface area contributed by atoms with Gasteiger partial charge in [0.1, 0.15) is 0 Å². The lowest BCUT2D eigenvalue weighted by molar-refractivity contribution is -0.131. The largest absolute Gasteiger partial charge is 0.340 e. The van der Waals surface area contributed by atoms with Crippen molar-refractivity contribution in [3.63, 3.8) is 0 Å². The van der Waals surface area contributed by atoms with E-state index in [1.54, 1.807) is 10.9 Å². The molecule has 1 amide bonds. The highest BCUT2D eigenvalue weighted by atomic mass is 16.2. The van der Waals surface area contributed by atoms with Crippen molar-refractivity contribution in [2.24, 2.45) is 0 Å². The minimum Gasteiger partial charge on any atom is -0.340 e. The van der Waals surface area contributed by atoms with E-state index in [1.807, 2.05) is 11.8 Å². The Bertz CT molecular complexity index is 356. The number of carbonyl (C=O) groups excluding carboxylic acids is 1. The number of amides is 1. The second kappa shape index (κ2) is 5.07. The van der Waals surface area contributed by atoms with Crippen LogP contribution < -0.4 is 5.32 Å². The van der Waals surface area contributed by atoms with Crippen LogP contribution in [-0.4, -0.2) is 52.0 Å². The van der Waals surface area contributed by atoms with Gasteiger partial charge in [0.15, 0.2) is 0 Å². The van der Waals surface area contributed by atoms with Crippen molar-refractivity contribution in [2.75, 3.05) is 26.2 Å². The van der Waals surface area contributed by atoms with Crippen LogP contribution in [0, 0.1) is 0 Å². The Morgan fingerprint density at radius 1 is 1.50 bits per heavy atom. The van der Waals surface area contributed by atoms with Crippen LogP contribution in [0.25, 0.3) is 0 Å². The summed E-state index contributed by atoms with van der Waals surface area (Å²) in [7, 11) is 0. The zero-order valence-electron chi connectivity index (χ0n) is 9.52. The van der Waals surface area contributed by atoms with Crippen molar-refractivity contribution < 1.29 is 4.79 Å². The van der Waals surface area contributed by atoms with Crippen LogP contribution in [-0.2, 0) is 17.8 Å². The molecule has 2 heterocycles. The zero-order chi connectivity index (χ0) is 11.4. The van der Waals surface area contributed by atoms with Crippen LogP contribution in [0.1, 0.15) is 12.6 Å². The summed E-state index contributed by atoms with van der Waals surface area (Å²) in [5.74, 6) is 0.165. The summed E-state index contributed by atoms with van der Waals surface area (Å²) in [5, 5.41) is 11.0. The van der Waals surface area contributed by atoms with E-state index in [9.17, 15) is 4.79 Å². The molecule has 1 N–H and O–H groups in total. The molecule has 1 aromatic rings. The van der Waals surface area contributed by atoms with Crippen LogP contribution in [0.15, 0.2) is 6.20 Å². The van der Waals surface area contributed by atoms with Gasteiger partial charge in [-0.2, -0.15) is 0 Å². The number of nitrogens with zero attached hydrogens (tertiary/aromatic N) is 4. The van der Waals surface area contributed by atoms with Gasteiger partial charge in [0.2, 0.25) is 5.91 Å². The van der Waals surface area contributed by atoms with Gasteiger partial charge in [0.05, 0.1) is 18.3 Å². The van der Waals surface area contributed by atoms with Gasteiger partial charge in [0.25, 0.3) is 0 Å². The van der Waals surface area contributed by atoms with E-state index >= 15 is 0 Å². The normalized spacial score (nSPS) is 16.4. The Balaban J connectivity index is 1.95. The van der Waals surface area contributed by atoms with E-state index in [1.165, 1.54) is 0 Å². The minimum absolute atomic E-state index is 0.165. The van der Waals surface area contributed by atoms with Crippen LogP contribution >= 0.6 is 0 Å². The van der Waals surface area contributed by atoms with Crippen molar-refractivity contribution >= 4 is 5.91 Å². The SMILES string of the molecule is CCn1nncc1CC(=O)N1CCNCC1. The summed E-state index contributed by atoms with van der Waals surface area (Å²) < 4.78 is 1.76. The highest BCUT2D eigenvalue weighted by molar-refractivity contribution is 5.78. The first-order valence-electron chi connectivity index (χ1n) is 5.67. The van der Waals surface area contributed by atoms with Crippen molar-refractivity contribution in [1.82, 2.24) is 25.2 Å². The van der Waals surface area contributed by atoms with Gasteiger partial charge in [0, 0.05) is 32.7 Å². The lowest BCUT2D eigenvalue weighted by Crippen LogP contribution is -2.47. The summed E-state index contributed by atoms with van der Waals surface area (Å²) in [4.78, 5) is 13.9. The van der Waals surface area contributed by atoms with Crippen LogP contribution in [0.4, 0.5) is 0 Å². The Morgan fingerprint density at radius 3 is 2.94 bits per heavy atom. The van der Waals surface area contributed by atoms with Crippen molar-refractivity contribution in [3.8, 4) is 0 Å². The number of piperazine rings is 1. The van der Waals surface area contributed by atoms with E-state index in [-0.39, 0.29) is 5.91 Å². The van der Waals surface area contributed by atoms with E-state index in [0.29, 0.717) is 6.42 Å². The quantitative estimate of drug-likeness (QED) is 0.734. The first-order chi connectivity index (χ1) is 7.81. The highest BCUT2D eigenvalue weighted by Crippen LogP contribution is 2.02. The second-order valence-corrected chi connectivity index (χ2v) is 3.85. The highest BCUT2D eigenvalue weighted by Gasteiger charge is 2.17. The first-order valence-corrected chi connectivity index (χ1v) is 5.67. The molecule has 0 atom stereocenters. The van der Waals surface area contributed by atoms with Crippen LogP contribution in [0.3, 0.4) is 0 Å². The fourth-order valence-electron chi connectivity index (χ4n) is 1.86. The van der Waals surface area contributed by atoms with Crippen LogP contribution in [0.2, 0.25) is 0 Å². The molecule has 1 aliphatic rings. The Labute approximate surface area is 94.6 Å². The molecule has 1 saturated heterocycles. The molecule has 0 bridgehead atoms. The Morgan fingerprint density at radius 2 is 2.25 bits per heavy atom. The number of nitrogens with one attached hydrogen (secondary N) is 1. The third kappa shape index (κ3) is 2.38. The molecular formula is C10H17N5O. The maximum atomic E-state index is 12.0. The molecule has 1 fully saturated rings. The first kappa shape index (κ1) is 11.1. The molecule has 0 radical (unpaired) electrons. The molecule has 16 heavy (non-hydrogen) atoms. The van der Waals surface area contributed by atoms with Gasteiger partial charge in [-0.15, -0.1) is 5.10 Å². The predicted molar refractivity (Wildman–Crippen MR) is 58.8 cm³/mol. The minimum atomic E-state index is 0.165. The molecule has 0 unspecified atom stereocenters.